The van der Waals surface area contributed by atoms with Crippen molar-refractivity contribution in [1.82, 2.24) is 0 Å². The van der Waals surface area contributed by atoms with Gasteiger partial charge in [-0.05, 0) is 22.3 Å². The minimum Gasteiger partial charge on any atom is -0.0742 e. The predicted molar refractivity (Wildman–Crippen MR) is 91.1 cm³/mol. The molecular weight excluding hydrogens is 256 g/mol. The second kappa shape index (κ2) is 5.41. The minimum absolute atomic E-state index is 0.120. The molecule has 0 aliphatic rings. The first-order chi connectivity index (χ1) is 9.40. The maximum Gasteiger partial charge on any atom is 0.149 e. The Labute approximate surface area is 124 Å². The number of hydrogen-bond acceptors (Lipinski definition) is 0. The van der Waals surface area contributed by atoms with Crippen LogP contribution in [-0.4, -0.2) is 8.07 Å². The molecule has 0 aromatic heterocycles. The van der Waals surface area contributed by atoms with Gasteiger partial charge in [0.25, 0.3) is 0 Å². The van der Waals surface area contributed by atoms with Crippen molar-refractivity contribution in [2.24, 2.45) is 0 Å². The van der Waals surface area contributed by atoms with E-state index in [0.29, 0.717) is 0 Å². The van der Waals surface area contributed by atoms with Crippen LogP contribution < -0.4 is 10.4 Å². The first-order valence-electron chi connectivity index (χ1n) is 7.11. The Bertz CT molecular complexity index is 537. The maximum atomic E-state index is 6.50. The van der Waals surface area contributed by atoms with Crippen molar-refractivity contribution < 1.29 is 0 Å². The summed E-state index contributed by atoms with van der Waals surface area (Å²) in [6.07, 6.45) is 0. The Morgan fingerprint density at radius 3 is 1.40 bits per heavy atom. The highest BCUT2D eigenvalue weighted by Gasteiger charge is 2.48. The van der Waals surface area contributed by atoms with Gasteiger partial charge in [0, 0.05) is 0 Å². The SMILES string of the molecule is [CH]=C(C)[Si](c1ccccc1)(c1ccccc1)C(C)(C)C. The summed E-state index contributed by atoms with van der Waals surface area (Å²) >= 11 is 0. The molecular formula is C19H23Si. The summed E-state index contributed by atoms with van der Waals surface area (Å²) in [6.45, 7) is 15.5. The maximum absolute atomic E-state index is 6.50. The lowest BCUT2D eigenvalue weighted by atomic mass is 10.2. The molecule has 0 nitrogen and oxygen atoms in total. The van der Waals surface area contributed by atoms with Gasteiger partial charge in [0.2, 0.25) is 0 Å². The van der Waals surface area contributed by atoms with Crippen molar-refractivity contribution in [3.05, 3.63) is 72.4 Å². The molecule has 0 saturated carbocycles. The Balaban J connectivity index is 2.81. The molecule has 0 N–H and O–H groups in total. The van der Waals surface area contributed by atoms with E-state index in [-0.39, 0.29) is 5.04 Å². The summed E-state index contributed by atoms with van der Waals surface area (Å²) in [6, 6.07) is 21.6. The molecule has 0 heterocycles. The van der Waals surface area contributed by atoms with Gasteiger partial charge < -0.3 is 0 Å². The van der Waals surface area contributed by atoms with E-state index in [2.05, 4.69) is 88.4 Å². The molecule has 2 rings (SSSR count). The van der Waals surface area contributed by atoms with Gasteiger partial charge in [-0.25, -0.2) is 0 Å². The van der Waals surface area contributed by atoms with E-state index in [1.54, 1.807) is 0 Å². The average Bonchev–Trinajstić information content (AvgIpc) is 2.40. The Morgan fingerprint density at radius 2 is 1.15 bits per heavy atom. The molecule has 0 spiro atoms. The highest BCUT2D eigenvalue weighted by molar-refractivity contribution is 7.09. The molecule has 0 unspecified atom stereocenters. The van der Waals surface area contributed by atoms with Gasteiger partial charge in [0.05, 0.1) is 0 Å². The third-order valence-electron chi connectivity index (χ3n) is 4.13. The molecule has 0 aliphatic carbocycles. The number of rotatable bonds is 3. The highest BCUT2D eigenvalue weighted by Crippen LogP contribution is 2.39. The molecule has 103 valence electrons. The van der Waals surface area contributed by atoms with Crippen LogP contribution in [0.2, 0.25) is 5.04 Å². The molecule has 0 saturated heterocycles. The van der Waals surface area contributed by atoms with Crippen LogP contribution in [0.3, 0.4) is 0 Å². The summed E-state index contributed by atoms with van der Waals surface area (Å²) in [5.74, 6) is 0. The van der Waals surface area contributed by atoms with E-state index in [0.717, 1.165) is 5.20 Å². The third-order valence-corrected chi connectivity index (χ3v) is 9.96. The predicted octanol–water partition coefficient (Wildman–Crippen LogP) is 3.97. The third kappa shape index (κ3) is 2.27. The molecule has 0 fully saturated rings. The van der Waals surface area contributed by atoms with Crippen LogP contribution in [0.4, 0.5) is 0 Å². The van der Waals surface area contributed by atoms with Crippen LogP contribution in [0.25, 0.3) is 0 Å². The van der Waals surface area contributed by atoms with Gasteiger partial charge >= 0.3 is 0 Å². The number of allylic oxidation sites excluding steroid dienone is 1. The van der Waals surface area contributed by atoms with Gasteiger partial charge in [0.15, 0.2) is 0 Å². The number of hydrogen-bond donors (Lipinski definition) is 0. The van der Waals surface area contributed by atoms with Crippen molar-refractivity contribution >= 4 is 18.4 Å². The second-order valence-corrected chi connectivity index (χ2v) is 11.4. The van der Waals surface area contributed by atoms with E-state index >= 15 is 0 Å². The lowest BCUT2D eigenvalue weighted by molar-refractivity contribution is 0.735. The fourth-order valence-electron chi connectivity index (χ4n) is 3.46. The summed E-state index contributed by atoms with van der Waals surface area (Å²) in [5, 5.41) is 3.97. The standard InChI is InChI=1S/C19H23Si/c1-16(2)20(19(3,4)5,17-12-8-6-9-13-17)18-14-10-7-11-15-18/h1,6-15H,2-5H3. The van der Waals surface area contributed by atoms with Crippen molar-refractivity contribution in [3.63, 3.8) is 0 Å². The molecule has 2 aromatic rings. The van der Waals surface area contributed by atoms with Crippen molar-refractivity contribution in [2.45, 2.75) is 32.7 Å². The molecule has 0 amide bonds. The van der Waals surface area contributed by atoms with Crippen LogP contribution in [0.1, 0.15) is 27.7 Å². The fourth-order valence-corrected chi connectivity index (χ4v) is 9.00. The zero-order valence-corrected chi connectivity index (χ0v) is 13.9. The normalized spacial score (nSPS) is 12.2. The van der Waals surface area contributed by atoms with Crippen LogP contribution in [0.15, 0.2) is 65.9 Å². The minimum atomic E-state index is -2.13. The molecule has 2 aromatic carbocycles. The van der Waals surface area contributed by atoms with Crippen molar-refractivity contribution in [1.29, 1.82) is 0 Å². The van der Waals surface area contributed by atoms with Crippen molar-refractivity contribution in [3.8, 4) is 0 Å². The van der Waals surface area contributed by atoms with Gasteiger partial charge in [-0.15, -0.1) is 0 Å². The highest BCUT2D eigenvalue weighted by atomic mass is 28.3. The van der Waals surface area contributed by atoms with E-state index in [1.165, 1.54) is 10.4 Å². The Kier molecular flexibility index (Phi) is 4.00. The van der Waals surface area contributed by atoms with Crippen LogP contribution in [-0.2, 0) is 0 Å². The smallest absolute Gasteiger partial charge is 0.0742 e. The lowest BCUT2D eigenvalue weighted by Crippen LogP contribution is -2.65. The molecule has 1 heteroatoms. The van der Waals surface area contributed by atoms with Gasteiger partial charge in [-0.3, -0.25) is 0 Å². The molecule has 0 atom stereocenters. The first kappa shape index (κ1) is 14.8. The topological polar surface area (TPSA) is 0 Å². The first-order valence-corrected chi connectivity index (χ1v) is 9.11. The van der Waals surface area contributed by atoms with Gasteiger partial charge in [0.1, 0.15) is 8.07 Å². The zero-order chi connectivity index (χ0) is 14.8. The van der Waals surface area contributed by atoms with E-state index < -0.39 is 8.07 Å². The fraction of sp³-hybridized carbons (Fsp3) is 0.263. The van der Waals surface area contributed by atoms with Gasteiger partial charge in [-0.1, -0.05) is 93.2 Å². The van der Waals surface area contributed by atoms with E-state index in [9.17, 15) is 0 Å². The largest absolute Gasteiger partial charge is 0.149 e. The summed E-state index contributed by atoms with van der Waals surface area (Å²) in [5.41, 5.74) is 0. The summed E-state index contributed by atoms with van der Waals surface area (Å²) in [7, 11) is -2.13. The average molecular weight is 279 g/mol. The zero-order valence-electron chi connectivity index (χ0n) is 12.9. The monoisotopic (exact) mass is 279 g/mol. The Hall–Kier alpha value is -1.60. The Morgan fingerprint density at radius 1 is 0.800 bits per heavy atom. The molecule has 1 radical (unpaired) electrons. The van der Waals surface area contributed by atoms with Crippen LogP contribution in [0, 0.1) is 6.58 Å². The summed E-state index contributed by atoms with van der Waals surface area (Å²) < 4.78 is 0. The quantitative estimate of drug-likeness (QED) is 0.746. The van der Waals surface area contributed by atoms with E-state index in [4.69, 9.17) is 6.58 Å². The lowest BCUT2D eigenvalue weighted by Gasteiger charge is -2.44. The summed E-state index contributed by atoms with van der Waals surface area (Å²) in [4.78, 5) is 0. The van der Waals surface area contributed by atoms with Crippen molar-refractivity contribution in [2.75, 3.05) is 0 Å². The van der Waals surface area contributed by atoms with Crippen LogP contribution in [0.5, 0.6) is 0 Å². The van der Waals surface area contributed by atoms with E-state index in [1.807, 2.05) is 0 Å². The second-order valence-electron chi connectivity index (χ2n) is 6.42. The molecule has 20 heavy (non-hydrogen) atoms. The van der Waals surface area contributed by atoms with Crippen LogP contribution >= 0.6 is 0 Å². The van der Waals surface area contributed by atoms with Gasteiger partial charge in [-0.2, -0.15) is 0 Å². The molecule has 0 aliphatic heterocycles. The molecule has 0 bridgehead atoms. The number of benzene rings is 2.